The zero-order valence-corrected chi connectivity index (χ0v) is 19.1. The smallest absolute Gasteiger partial charge is 0.264 e. The molecule has 9 nitrogen and oxygen atoms in total. The van der Waals surface area contributed by atoms with Gasteiger partial charge in [0.1, 0.15) is 24.1 Å². The van der Waals surface area contributed by atoms with E-state index in [2.05, 4.69) is 33.6 Å². The van der Waals surface area contributed by atoms with Crippen molar-refractivity contribution in [3.63, 3.8) is 0 Å². The van der Waals surface area contributed by atoms with E-state index in [4.69, 9.17) is 5.10 Å². The van der Waals surface area contributed by atoms with Crippen molar-refractivity contribution in [2.24, 2.45) is 7.05 Å². The predicted molar refractivity (Wildman–Crippen MR) is 130 cm³/mol. The summed E-state index contributed by atoms with van der Waals surface area (Å²) in [5.74, 6) is 0.146. The molecule has 2 aromatic carbocycles. The molecule has 0 spiro atoms. The van der Waals surface area contributed by atoms with E-state index in [-0.39, 0.29) is 18.0 Å². The van der Waals surface area contributed by atoms with Crippen molar-refractivity contribution < 1.29 is 4.79 Å². The summed E-state index contributed by atoms with van der Waals surface area (Å²) in [5.41, 5.74) is 4.91. The Morgan fingerprint density at radius 3 is 2.65 bits per heavy atom. The standard InChI is InChI=1S/C25H23N7O2/c1-16-9-10-17(2)19(11-16)21-12-22(32(29-21)18-7-5-4-6-8-18)28-23(33)14-31-15-26-24-20(25(31)34)13-27-30(24)3/h4-13,15H,14H2,1-3H3,(H,28,33). The van der Waals surface area contributed by atoms with Crippen LogP contribution in [-0.2, 0) is 18.4 Å². The molecule has 3 heterocycles. The third-order valence-electron chi connectivity index (χ3n) is 5.68. The molecule has 5 aromatic rings. The summed E-state index contributed by atoms with van der Waals surface area (Å²) in [6.45, 7) is 3.88. The van der Waals surface area contributed by atoms with Gasteiger partial charge in [-0.15, -0.1) is 0 Å². The topological polar surface area (TPSA) is 99.6 Å². The largest absolute Gasteiger partial charge is 0.309 e. The van der Waals surface area contributed by atoms with Crippen LogP contribution in [0.3, 0.4) is 0 Å². The van der Waals surface area contributed by atoms with Crippen LogP contribution in [0.1, 0.15) is 11.1 Å². The number of benzene rings is 2. The lowest BCUT2D eigenvalue weighted by Gasteiger charge is -2.10. The molecule has 1 amide bonds. The minimum absolute atomic E-state index is 0.185. The molecule has 5 rings (SSSR count). The Morgan fingerprint density at radius 1 is 1.06 bits per heavy atom. The lowest BCUT2D eigenvalue weighted by molar-refractivity contribution is -0.116. The first-order valence-corrected chi connectivity index (χ1v) is 10.8. The number of rotatable bonds is 5. The molecule has 3 aromatic heterocycles. The highest BCUT2D eigenvalue weighted by Crippen LogP contribution is 2.28. The molecule has 1 N–H and O–H groups in total. The van der Waals surface area contributed by atoms with Crippen molar-refractivity contribution in [1.82, 2.24) is 29.1 Å². The van der Waals surface area contributed by atoms with Gasteiger partial charge >= 0.3 is 0 Å². The summed E-state index contributed by atoms with van der Waals surface area (Å²) in [5, 5.41) is 12.1. The van der Waals surface area contributed by atoms with E-state index >= 15 is 0 Å². The average Bonchev–Trinajstić information content (AvgIpc) is 3.42. The van der Waals surface area contributed by atoms with Crippen LogP contribution in [0.15, 0.2) is 71.9 Å². The van der Waals surface area contributed by atoms with Gasteiger partial charge in [-0.25, -0.2) is 9.67 Å². The Balaban J connectivity index is 1.49. The number of aromatic nitrogens is 6. The van der Waals surface area contributed by atoms with Crippen LogP contribution < -0.4 is 10.9 Å². The van der Waals surface area contributed by atoms with Gasteiger partial charge in [0.2, 0.25) is 5.91 Å². The lowest BCUT2D eigenvalue weighted by atomic mass is 10.0. The number of amides is 1. The van der Waals surface area contributed by atoms with Crippen molar-refractivity contribution in [2.45, 2.75) is 20.4 Å². The summed E-state index contributed by atoms with van der Waals surface area (Å²) < 4.78 is 4.49. The Labute approximate surface area is 195 Å². The third-order valence-corrected chi connectivity index (χ3v) is 5.68. The first-order chi connectivity index (χ1) is 16.4. The van der Waals surface area contributed by atoms with Gasteiger partial charge in [0.05, 0.1) is 17.6 Å². The molecule has 0 radical (unpaired) electrons. The molecule has 0 saturated carbocycles. The highest BCUT2D eigenvalue weighted by Gasteiger charge is 2.17. The van der Waals surface area contributed by atoms with E-state index in [1.807, 2.05) is 50.2 Å². The number of aryl methyl sites for hydroxylation is 3. The van der Waals surface area contributed by atoms with E-state index in [1.54, 1.807) is 11.7 Å². The van der Waals surface area contributed by atoms with E-state index in [9.17, 15) is 9.59 Å². The third kappa shape index (κ3) is 3.88. The number of anilines is 1. The lowest BCUT2D eigenvalue weighted by Crippen LogP contribution is -2.28. The van der Waals surface area contributed by atoms with Crippen molar-refractivity contribution in [2.75, 3.05) is 5.32 Å². The Morgan fingerprint density at radius 2 is 1.85 bits per heavy atom. The highest BCUT2D eigenvalue weighted by molar-refractivity contribution is 5.91. The van der Waals surface area contributed by atoms with Gasteiger partial charge in [-0.3, -0.25) is 18.8 Å². The summed E-state index contributed by atoms with van der Waals surface area (Å²) in [6, 6.07) is 17.6. The number of nitrogens with zero attached hydrogens (tertiary/aromatic N) is 6. The summed E-state index contributed by atoms with van der Waals surface area (Å²) >= 11 is 0. The second kappa shape index (κ2) is 8.43. The Kier molecular flexibility index (Phi) is 5.29. The Hall–Kier alpha value is -4.53. The van der Waals surface area contributed by atoms with Crippen LogP contribution in [0.25, 0.3) is 28.0 Å². The first-order valence-electron chi connectivity index (χ1n) is 10.8. The number of carbonyl (C=O) groups excluding carboxylic acids is 1. The van der Waals surface area contributed by atoms with Crippen molar-refractivity contribution >= 4 is 22.8 Å². The second-order valence-corrected chi connectivity index (χ2v) is 8.21. The monoisotopic (exact) mass is 453 g/mol. The summed E-state index contributed by atoms with van der Waals surface area (Å²) in [7, 11) is 1.71. The zero-order valence-electron chi connectivity index (χ0n) is 19.1. The van der Waals surface area contributed by atoms with Crippen LogP contribution in [0.2, 0.25) is 0 Å². The maximum atomic E-state index is 13.0. The molecule has 0 atom stereocenters. The number of hydrogen-bond donors (Lipinski definition) is 1. The van der Waals surface area contributed by atoms with E-state index in [0.29, 0.717) is 16.9 Å². The minimum Gasteiger partial charge on any atom is -0.309 e. The molecule has 0 fully saturated rings. The number of hydrogen-bond acceptors (Lipinski definition) is 5. The first kappa shape index (κ1) is 21.3. The fourth-order valence-corrected chi connectivity index (χ4v) is 3.90. The molecule has 0 saturated heterocycles. The van der Waals surface area contributed by atoms with Crippen LogP contribution in [0.4, 0.5) is 5.82 Å². The maximum Gasteiger partial charge on any atom is 0.264 e. The number of nitrogens with one attached hydrogen (secondary N) is 1. The molecular weight excluding hydrogens is 430 g/mol. The van der Waals surface area contributed by atoms with Crippen LogP contribution in [0.5, 0.6) is 0 Å². The second-order valence-electron chi connectivity index (χ2n) is 8.21. The molecule has 170 valence electrons. The van der Waals surface area contributed by atoms with Crippen LogP contribution in [0, 0.1) is 13.8 Å². The molecule has 0 aliphatic heterocycles. The van der Waals surface area contributed by atoms with Gasteiger partial charge in [0.25, 0.3) is 5.56 Å². The van der Waals surface area contributed by atoms with E-state index < -0.39 is 0 Å². The Bertz CT molecular complexity index is 1580. The molecule has 0 aliphatic carbocycles. The molecule has 0 bridgehead atoms. The predicted octanol–water partition coefficient (Wildman–Crippen LogP) is 3.24. The highest BCUT2D eigenvalue weighted by atomic mass is 16.2. The summed E-state index contributed by atoms with van der Waals surface area (Å²) in [6.07, 6.45) is 2.82. The van der Waals surface area contributed by atoms with Crippen molar-refractivity contribution in [1.29, 1.82) is 0 Å². The van der Waals surface area contributed by atoms with Gasteiger partial charge < -0.3 is 5.32 Å². The fourth-order valence-electron chi connectivity index (χ4n) is 3.90. The van der Waals surface area contributed by atoms with Crippen LogP contribution >= 0.6 is 0 Å². The molecule has 0 aliphatic rings. The number of fused-ring (bicyclic) bond motifs is 1. The fraction of sp³-hybridized carbons (Fsp3) is 0.160. The van der Waals surface area contributed by atoms with Gasteiger partial charge in [0.15, 0.2) is 5.65 Å². The van der Waals surface area contributed by atoms with Gasteiger partial charge in [0, 0.05) is 18.7 Å². The molecule has 34 heavy (non-hydrogen) atoms. The number of para-hydroxylation sites is 1. The SMILES string of the molecule is Cc1ccc(C)c(-c2cc(NC(=O)Cn3cnc4c(cnn4C)c3=O)n(-c3ccccc3)n2)c1. The maximum absolute atomic E-state index is 13.0. The van der Waals surface area contributed by atoms with Crippen molar-refractivity contribution in [3.05, 3.63) is 88.6 Å². The normalized spacial score (nSPS) is 11.1. The van der Waals surface area contributed by atoms with Gasteiger partial charge in [-0.2, -0.15) is 10.2 Å². The van der Waals surface area contributed by atoms with E-state index in [0.717, 1.165) is 28.1 Å². The van der Waals surface area contributed by atoms with E-state index in [1.165, 1.54) is 21.8 Å². The van der Waals surface area contributed by atoms with Gasteiger partial charge in [-0.05, 0) is 37.6 Å². The van der Waals surface area contributed by atoms with Gasteiger partial charge in [-0.1, -0.05) is 35.9 Å². The molecule has 0 unspecified atom stereocenters. The van der Waals surface area contributed by atoms with Crippen molar-refractivity contribution in [3.8, 4) is 16.9 Å². The number of carbonyl (C=O) groups is 1. The zero-order chi connectivity index (χ0) is 23.8. The average molecular weight is 454 g/mol. The summed E-state index contributed by atoms with van der Waals surface area (Å²) in [4.78, 5) is 30.0. The van der Waals surface area contributed by atoms with Crippen LogP contribution in [-0.4, -0.2) is 35.0 Å². The minimum atomic E-state index is -0.364. The molecule has 9 heteroatoms. The quantitative estimate of drug-likeness (QED) is 0.440. The molecular formula is C25H23N7O2.